The van der Waals surface area contributed by atoms with Crippen LogP contribution in [0.4, 0.5) is 0 Å². The van der Waals surface area contributed by atoms with Crippen LogP contribution >= 0.6 is 11.3 Å². The molecule has 2 heterocycles. The lowest BCUT2D eigenvalue weighted by atomic mass is 10.2. The van der Waals surface area contributed by atoms with Crippen LogP contribution in [0.15, 0.2) is 30.3 Å². The molecule has 0 bridgehead atoms. The van der Waals surface area contributed by atoms with Crippen molar-refractivity contribution >= 4 is 35.1 Å². The standard InChI is InChI=1S/C26H34N4O6S/c1-2-36-23(34)12-11-20-24(28-26(37-20)19-8-4-3-5-9-19)25(35)27-18-21(31)30-16-14-29(15-17-30)13-7-6-10-22(32)33/h3-5,8-9H,2,6-7,10-18H2,1H3,(H,27,35)(H,32,33). The number of piperazine rings is 1. The minimum Gasteiger partial charge on any atom is -0.481 e. The number of carboxylic acids is 1. The van der Waals surface area contributed by atoms with Crippen molar-refractivity contribution in [2.45, 2.75) is 39.0 Å². The van der Waals surface area contributed by atoms with Gasteiger partial charge in [0.1, 0.15) is 10.7 Å². The van der Waals surface area contributed by atoms with Gasteiger partial charge in [-0.15, -0.1) is 11.3 Å². The summed E-state index contributed by atoms with van der Waals surface area (Å²) in [5, 5.41) is 12.1. The second-order valence-corrected chi connectivity index (χ2v) is 9.80. The summed E-state index contributed by atoms with van der Waals surface area (Å²) in [6, 6.07) is 9.50. The quantitative estimate of drug-likeness (QED) is 0.298. The first-order chi connectivity index (χ1) is 17.9. The van der Waals surface area contributed by atoms with Gasteiger partial charge < -0.3 is 20.1 Å². The Hall–Kier alpha value is -3.31. The lowest BCUT2D eigenvalue weighted by molar-refractivity contribution is -0.143. The van der Waals surface area contributed by atoms with Crippen molar-refractivity contribution in [3.8, 4) is 10.6 Å². The second-order valence-electron chi connectivity index (χ2n) is 8.72. The molecule has 2 aromatic rings. The predicted molar refractivity (Wildman–Crippen MR) is 139 cm³/mol. The van der Waals surface area contributed by atoms with E-state index in [1.165, 1.54) is 11.3 Å². The topological polar surface area (TPSA) is 129 Å². The van der Waals surface area contributed by atoms with Gasteiger partial charge in [-0.05, 0) is 32.7 Å². The Bertz CT molecular complexity index is 1070. The number of carboxylic acid groups (broad SMARTS) is 1. The molecular weight excluding hydrogens is 496 g/mol. The highest BCUT2D eigenvalue weighted by molar-refractivity contribution is 7.15. The maximum atomic E-state index is 13.0. The largest absolute Gasteiger partial charge is 0.481 e. The molecule has 11 heteroatoms. The van der Waals surface area contributed by atoms with Crippen molar-refractivity contribution in [1.29, 1.82) is 0 Å². The summed E-state index contributed by atoms with van der Waals surface area (Å²) in [6.07, 6.45) is 2.10. The number of amides is 2. The zero-order valence-corrected chi connectivity index (χ0v) is 21.9. The number of esters is 1. The number of aromatic nitrogens is 1. The maximum absolute atomic E-state index is 13.0. The summed E-state index contributed by atoms with van der Waals surface area (Å²) >= 11 is 1.36. The third-order valence-electron chi connectivity index (χ3n) is 6.03. The third-order valence-corrected chi connectivity index (χ3v) is 7.20. The molecule has 0 atom stereocenters. The summed E-state index contributed by atoms with van der Waals surface area (Å²) in [6.45, 7) is 5.29. The summed E-state index contributed by atoms with van der Waals surface area (Å²) in [5.41, 5.74) is 1.10. The van der Waals surface area contributed by atoms with Crippen LogP contribution in [-0.2, 0) is 25.5 Å². The zero-order valence-electron chi connectivity index (χ0n) is 21.1. The predicted octanol–water partition coefficient (Wildman–Crippen LogP) is 2.43. The number of nitrogens with one attached hydrogen (secondary N) is 1. The van der Waals surface area contributed by atoms with E-state index in [0.29, 0.717) is 42.4 Å². The summed E-state index contributed by atoms with van der Waals surface area (Å²) in [5.74, 6) is -1.72. The molecule has 0 saturated carbocycles. The number of thiazole rings is 1. The van der Waals surface area contributed by atoms with E-state index in [-0.39, 0.29) is 37.0 Å². The number of ether oxygens (including phenoxy) is 1. The van der Waals surface area contributed by atoms with E-state index in [9.17, 15) is 19.2 Å². The van der Waals surface area contributed by atoms with E-state index in [4.69, 9.17) is 9.84 Å². The molecule has 0 radical (unpaired) electrons. The van der Waals surface area contributed by atoms with Crippen molar-refractivity contribution in [3.63, 3.8) is 0 Å². The highest BCUT2D eigenvalue weighted by atomic mass is 32.1. The number of hydrogen-bond donors (Lipinski definition) is 2. The minimum absolute atomic E-state index is 0.132. The minimum atomic E-state index is -0.780. The van der Waals surface area contributed by atoms with E-state index in [1.54, 1.807) is 11.8 Å². The van der Waals surface area contributed by atoms with E-state index in [1.807, 2.05) is 30.3 Å². The van der Waals surface area contributed by atoms with E-state index in [2.05, 4.69) is 15.2 Å². The van der Waals surface area contributed by atoms with Gasteiger partial charge in [0.05, 0.1) is 19.6 Å². The number of benzene rings is 1. The van der Waals surface area contributed by atoms with E-state index < -0.39 is 11.9 Å². The van der Waals surface area contributed by atoms with Crippen LogP contribution in [0.1, 0.15) is 48.0 Å². The molecule has 1 saturated heterocycles. The number of aliphatic carboxylic acids is 1. The van der Waals surface area contributed by atoms with Gasteiger partial charge in [0, 0.05) is 43.0 Å². The van der Waals surface area contributed by atoms with Crippen molar-refractivity contribution in [3.05, 3.63) is 40.9 Å². The van der Waals surface area contributed by atoms with Crippen molar-refractivity contribution in [1.82, 2.24) is 20.1 Å². The first-order valence-electron chi connectivity index (χ1n) is 12.6. The molecule has 37 heavy (non-hydrogen) atoms. The van der Waals surface area contributed by atoms with Crippen LogP contribution < -0.4 is 5.32 Å². The Balaban J connectivity index is 1.54. The third kappa shape index (κ3) is 8.94. The molecule has 1 aromatic carbocycles. The Morgan fingerprint density at radius 2 is 1.78 bits per heavy atom. The normalized spacial score (nSPS) is 13.8. The van der Waals surface area contributed by atoms with Crippen molar-refractivity contribution < 1.29 is 29.0 Å². The summed E-state index contributed by atoms with van der Waals surface area (Å²) < 4.78 is 5.01. The van der Waals surface area contributed by atoms with Gasteiger partial charge in [-0.2, -0.15) is 0 Å². The Labute approximate surface area is 220 Å². The molecule has 1 aliphatic heterocycles. The highest BCUT2D eigenvalue weighted by Crippen LogP contribution is 2.29. The number of carbonyl (C=O) groups excluding carboxylic acids is 3. The lowest BCUT2D eigenvalue weighted by Crippen LogP contribution is -2.51. The molecule has 0 aliphatic carbocycles. The van der Waals surface area contributed by atoms with Gasteiger partial charge in [0.25, 0.3) is 5.91 Å². The summed E-state index contributed by atoms with van der Waals surface area (Å²) in [7, 11) is 0. The number of aryl methyl sites for hydroxylation is 1. The number of carbonyl (C=O) groups is 4. The van der Waals surface area contributed by atoms with Crippen LogP contribution in [0.3, 0.4) is 0 Å². The molecule has 1 aliphatic rings. The molecule has 10 nitrogen and oxygen atoms in total. The van der Waals surface area contributed by atoms with E-state index in [0.717, 1.165) is 31.6 Å². The molecule has 1 aromatic heterocycles. The fourth-order valence-electron chi connectivity index (χ4n) is 4.04. The van der Waals surface area contributed by atoms with Gasteiger partial charge in [-0.25, -0.2) is 4.98 Å². The Kier molecular flexibility index (Phi) is 11.0. The molecule has 200 valence electrons. The molecule has 2 amide bonds. The van der Waals surface area contributed by atoms with Crippen LogP contribution in [0.2, 0.25) is 0 Å². The smallest absolute Gasteiger partial charge is 0.306 e. The summed E-state index contributed by atoms with van der Waals surface area (Å²) in [4.78, 5) is 57.4. The van der Waals surface area contributed by atoms with Crippen LogP contribution in [0.5, 0.6) is 0 Å². The average Bonchev–Trinajstić information content (AvgIpc) is 3.34. The SMILES string of the molecule is CCOC(=O)CCc1sc(-c2ccccc2)nc1C(=O)NCC(=O)N1CCN(CCCCC(=O)O)CC1. The molecule has 0 unspecified atom stereocenters. The number of hydrogen-bond acceptors (Lipinski definition) is 8. The molecule has 3 rings (SSSR count). The van der Waals surface area contributed by atoms with Gasteiger partial charge >= 0.3 is 11.9 Å². The second kappa shape index (κ2) is 14.4. The van der Waals surface area contributed by atoms with Crippen molar-refractivity contribution in [2.75, 3.05) is 45.9 Å². The molecule has 1 fully saturated rings. The molecular formula is C26H34N4O6S. The molecule has 2 N–H and O–H groups in total. The van der Waals surface area contributed by atoms with Gasteiger partial charge in [-0.3, -0.25) is 24.1 Å². The van der Waals surface area contributed by atoms with Crippen LogP contribution in [0, 0.1) is 0 Å². The van der Waals surface area contributed by atoms with Crippen LogP contribution in [0.25, 0.3) is 10.6 Å². The fraction of sp³-hybridized carbons (Fsp3) is 0.500. The highest BCUT2D eigenvalue weighted by Gasteiger charge is 2.24. The van der Waals surface area contributed by atoms with E-state index >= 15 is 0 Å². The first-order valence-corrected chi connectivity index (χ1v) is 13.4. The average molecular weight is 531 g/mol. The first kappa shape index (κ1) is 28.3. The monoisotopic (exact) mass is 530 g/mol. The number of nitrogens with zero attached hydrogens (tertiary/aromatic N) is 3. The van der Waals surface area contributed by atoms with Gasteiger partial charge in [0.15, 0.2) is 0 Å². The lowest BCUT2D eigenvalue weighted by Gasteiger charge is -2.34. The van der Waals surface area contributed by atoms with Crippen molar-refractivity contribution in [2.24, 2.45) is 0 Å². The Morgan fingerprint density at radius 1 is 1.05 bits per heavy atom. The zero-order chi connectivity index (χ0) is 26.6. The fourth-order valence-corrected chi connectivity index (χ4v) is 5.10. The Morgan fingerprint density at radius 3 is 2.46 bits per heavy atom. The number of rotatable bonds is 13. The maximum Gasteiger partial charge on any atom is 0.306 e. The van der Waals surface area contributed by atoms with Gasteiger partial charge in [-0.1, -0.05) is 30.3 Å². The van der Waals surface area contributed by atoms with Crippen LogP contribution in [-0.4, -0.2) is 89.5 Å². The van der Waals surface area contributed by atoms with Gasteiger partial charge in [0.2, 0.25) is 5.91 Å². The number of unbranched alkanes of at least 4 members (excludes halogenated alkanes) is 1. The molecule has 0 spiro atoms.